The Morgan fingerprint density at radius 1 is 1.12 bits per heavy atom. The van der Waals surface area contributed by atoms with Gasteiger partial charge in [-0.1, -0.05) is 25.1 Å². The van der Waals surface area contributed by atoms with E-state index in [-0.39, 0.29) is 22.4 Å². The molecule has 3 rings (SSSR count). The van der Waals surface area contributed by atoms with Gasteiger partial charge in [-0.3, -0.25) is 4.90 Å². The van der Waals surface area contributed by atoms with E-state index in [0.29, 0.717) is 19.0 Å². The van der Waals surface area contributed by atoms with E-state index in [1.807, 2.05) is 4.90 Å². The topological polar surface area (TPSA) is 97.5 Å². The lowest BCUT2D eigenvalue weighted by molar-refractivity contribution is 0.127. The molecule has 2 saturated heterocycles. The first kappa shape index (κ1) is 17.8. The Morgan fingerprint density at radius 3 is 2.42 bits per heavy atom. The molecule has 0 bridgehead atoms. The van der Waals surface area contributed by atoms with Crippen molar-refractivity contribution < 1.29 is 16.8 Å². The highest BCUT2D eigenvalue weighted by Crippen LogP contribution is 2.31. The fourth-order valence-electron chi connectivity index (χ4n) is 3.93. The minimum atomic E-state index is -3.70. The molecular formula is C16H24N2O4S2. The van der Waals surface area contributed by atoms with Crippen LogP contribution in [0.4, 0.5) is 0 Å². The molecule has 0 unspecified atom stereocenters. The van der Waals surface area contributed by atoms with Crippen LogP contribution in [0.3, 0.4) is 0 Å². The molecule has 1 aromatic carbocycles. The van der Waals surface area contributed by atoms with Gasteiger partial charge in [0.1, 0.15) is 0 Å². The molecule has 2 fully saturated rings. The number of nitrogens with zero attached hydrogens (tertiary/aromatic N) is 1. The van der Waals surface area contributed by atoms with Crippen LogP contribution in [0.1, 0.15) is 13.3 Å². The van der Waals surface area contributed by atoms with Crippen molar-refractivity contribution in [1.82, 2.24) is 4.90 Å². The molecule has 6 nitrogen and oxygen atoms in total. The molecule has 8 heteroatoms. The van der Waals surface area contributed by atoms with Gasteiger partial charge < -0.3 is 5.73 Å². The number of benzene rings is 1. The maximum Gasteiger partial charge on any atom is 0.183 e. The van der Waals surface area contributed by atoms with Crippen LogP contribution in [0.2, 0.25) is 0 Å². The smallest absolute Gasteiger partial charge is 0.183 e. The second-order valence-electron chi connectivity index (χ2n) is 7.10. The Hall–Kier alpha value is -0.960. The Bertz CT molecular complexity index is 783. The number of hydrogen-bond acceptors (Lipinski definition) is 6. The van der Waals surface area contributed by atoms with E-state index < -0.39 is 31.0 Å². The second kappa shape index (κ2) is 6.40. The zero-order valence-corrected chi connectivity index (χ0v) is 15.3. The summed E-state index contributed by atoms with van der Waals surface area (Å²) in [7, 11) is -7.09. The number of hydrogen-bond donors (Lipinski definition) is 1. The number of sulfone groups is 2. The lowest BCUT2D eigenvalue weighted by atomic mass is 9.95. The molecule has 0 saturated carbocycles. The van der Waals surface area contributed by atoms with E-state index >= 15 is 0 Å². The first-order valence-corrected chi connectivity index (χ1v) is 11.5. The molecule has 2 aliphatic heterocycles. The maximum atomic E-state index is 13.0. The van der Waals surface area contributed by atoms with Crippen LogP contribution in [-0.4, -0.2) is 63.7 Å². The SMILES string of the molecule is C[C@@H]1C[C@H](N)CN([C@H]2CS(=O)(=O)C[C@@H]2S(=O)(=O)c2ccccc2)C1. The van der Waals surface area contributed by atoms with E-state index in [0.717, 1.165) is 6.42 Å². The first-order valence-electron chi connectivity index (χ1n) is 8.18. The normalized spacial score (nSPS) is 34.2. The molecule has 0 aromatic heterocycles. The number of rotatable bonds is 3. The minimum Gasteiger partial charge on any atom is -0.327 e. The maximum absolute atomic E-state index is 13.0. The molecule has 0 amide bonds. The summed E-state index contributed by atoms with van der Waals surface area (Å²) < 4.78 is 50.5. The van der Waals surface area contributed by atoms with Gasteiger partial charge in [0.2, 0.25) is 0 Å². The molecule has 0 spiro atoms. The quantitative estimate of drug-likeness (QED) is 0.819. The lowest BCUT2D eigenvalue weighted by Crippen LogP contribution is -2.55. The summed E-state index contributed by atoms with van der Waals surface area (Å²) in [6, 6.07) is 7.55. The van der Waals surface area contributed by atoms with Crippen molar-refractivity contribution in [2.24, 2.45) is 11.7 Å². The third-order valence-electron chi connectivity index (χ3n) is 4.93. The van der Waals surface area contributed by atoms with Crippen LogP contribution in [0.5, 0.6) is 0 Å². The summed E-state index contributed by atoms with van der Waals surface area (Å²) >= 11 is 0. The molecule has 2 heterocycles. The van der Waals surface area contributed by atoms with Crippen LogP contribution in [0.15, 0.2) is 35.2 Å². The first-order chi connectivity index (χ1) is 11.2. The van der Waals surface area contributed by atoms with Crippen molar-refractivity contribution in [3.05, 3.63) is 30.3 Å². The van der Waals surface area contributed by atoms with Gasteiger partial charge in [0, 0.05) is 25.2 Å². The Morgan fingerprint density at radius 2 is 1.79 bits per heavy atom. The summed E-state index contributed by atoms with van der Waals surface area (Å²) in [6.45, 7) is 3.30. The number of likely N-dealkylation sites (tertiary alicyclic amines) is 1. The minimum absolute atomic E-state index is 0.0443. The molecule has 0 radical (unpaired) electrons. The van der Waals surface area contributed by atoms with Crippen LogP contribution in [0.25, 0.3) is 0 Å². The average Bonchev–Trinajstić information content (AvgIpc) is 2.84. The zero-order chi connectivity index (χ0) is 17.5. The standard InChI is InChI=1S/C16H24N2O4S2/c1-12-7-13(17)9-18(8-12)15-10-23(19,20)11-16(15)24(21,22)14-5-3-2-4-6-14/h2-6,12-13,15-16H,7-11,17H2,1H3/t12-,13+,15+,16+/m1/s1. The summed E-state index contributed by atoms with van der Waals surface area (Å²) in [4.78, 5) is 2.17. The highest BCUT2D eigenvalue weighted by Gasteiger charge is 2.49. The molecule has 134 valence electrons. The van der Waals surface area contributed by atoms with E-state index in [2.05, 4.69) is 6.92 Å². The van der Waals surface area contributed by atoms with Crippen molar-refractivity contribution in [2.75, 3.05) is 24.6 Å². The molecule has 1 aromatic rings. The lowest BCUT2D eigenvalue weighted by Gasteiger charge is -2.40. The van der Waals surface area contributed by atoms with Gasteiger partial charge in [-0.05, 0) is 24.5 Å². The molecule has 4 atom stereocenters. The summed E-state index contributed by atoms with van der Waals surface area (Å²) in [5.74, 6) is -0.0878. The summed E-state index contributed by atoms with van der Waals surface area (Å²) in [5.41, 5.74) is 6.08. The predicted octanol–water partition coefficient (Wildman–Crippen LogP) is 0.295. The molecular weight excluding hydrogens is 348 g/mol. The van der Waals surface area contributed by atoms with Crippen LogP contribution in [-0.2, 0) is 19.7 Å². The van der Waals surface area contributed by atoms with Gasteiger partial charge in [-0.25, -0.2) is 16.8 Å². The molecule has 2 aliphatic rings. The van der Waals surface area contributed by atoms with Crippen molar-refractivity contribution in [2.45, 2.75) is 35.6 Å². The fourth-order valence-corrected chi connectivity index (χ4v) is 8.78. The van der Waals surface area contributed by atoms with E-state index in [4.69, 9.17) is 5.73 Å². The van der Waals surface area contributed by atoms with E-state index in [1.165, 1.54) is 12.1 Å². The number of piperidine rings is 1. The second-order valence-corrected chi connectivity index (χ2v) is 11.4. The predicted molar refractivity (Wildman–Crippen MR) is 93.2 cm³/mol. The third kappa shape index (κ3) is 3.51. The zero-order valence-electron chi connectivity index (χ0n) is 13.7. The molecule has 24 heavy (non-hydrogen) atoms. The Labute approximate surface area is 143 Å². The van der Waals surface area contributed by atoms with Crippen LogP contribution >= 0.6 is 0 Å². The Kier molecular flexibility index (Phi) is 4.76. The van der Waals surface area contributed by atoms with Gasteiger partial charge in [0.05, 0.1) is 21.7 Å². The average molecular weight is 373 g/mol. The van der Waals surface area contributed by atoms with Gasteiger partial charge >= 0.3 is 0 Å². The largest absolute Gasteiger partial charge is 0.327 e. The van der Waals surface area contributed by atoms with Crippen LogP contribution in [0, 0.1) is 5.92 Å². The van der Waals surface area contributed by atoms with Crippen molar-refractivity contribution >= 4 is 19.7 Å². The monoisotopic (exact) mass is 372 g/mol. The Balaban J connectivity index is 1.96. The van der Waals surface area contributed by atoms with Crippen molar-refractivity contribution in [3.8, 4) is 0 Å². The molecule has 0 aliphatic carbocycles. The van der Waals surface area contributed by atoms with Gasteiger partial charge in [0.15, 0.2) is 19.7 Å². The van der Waals surface area contributed by atoms with E-state index in [1.54, 1.807) is 18.2 Å². The highest BCUT2D eigenvalue weighted by molar-refractivity contribution is 7.96. The van der Waals surface area contributed by atoms with Gasteiger partial charge in [-0.15, -0.1) is 0 Å². The van der Waals surface area contributed by atoms with Gasteiger partial charge in [0.25, 0.3) is 0 Å². The van der Waals surface area contributed by atoms with E-state index in [9.17, 15) is 16.8 Å². The summed E-state index contributed by atoms with van der Waals surface area (Å²) in [5, 5.41) is -0.928. The highest BCUT2D eigenvalue weighted by atomic mass is 32.2. The van der Waals surface area contributed by atoms with Crippen molar-refractivity contribution in [1.29, 1.82) is 0 Å². The third-order valence-corrected chi connectivity index (χ3v) is 9.07. The van der Waals surface area contributed by atoms with Gasteiger partial charge in [-0.2, -0.15) is 0 Å². The number of nitrogens with two attached hydrogens (primary N) is 1. The summed E-state index contributed by atoms with van der Waals surface area (Å²) in [6.07, 6.45) is 0.881. The molecule has 2 N–H and O–H groups in total. The van der Waals surface area contributed by atoms with Crippen molar-refractivity contribution in [3.63, 3.8) is 0 Å². The van der Waals surface area contributed by atoms with Crippen LogP contribution < -0.4 is 5.73 Å². The fraction of sp³-hybridized carbons (Fsp3) is 0.625.